The van der Waals surface area contributed by atoms with E-state index in [9.17, 15) is 4.39 Å². The molecule has 0 amide bonds. The van der Waals surface area contributed by atoms with Gasteiger partial charge in [0, 0.05) is 34.9 Å². The number of imidazole rings is 1. The predicted molar refractivity (Wildman–Crippen MR) is 77.4 cm³/mol. The van der Waals surface area contributed by atoms with Crippen molar-refractivity contribution in [3.05, 3.63) is 52.3 Å². The summed E-state index contributed by atoms with van der Waals surface area (Å²) in [5.41, 5.74) is 0.666. The third-order valence-corrected chi connectivity index (χ3v) is 3.42. The van der Waals surface area contributed by atoms with Gasteiger partial charge in [-0.1, -0.05) is 22.9 Å². The van der Waals surface area contributed by atoms with Gasteiger partial charge in [0.05, 0.1) is 0 Å². The van der Waals surface area contributed by atoms with Gasteiger partial charge in [-0.2, -0.15) is 0 Å². The monoisotopic (exact) mass is 325 g/mol. The van der Waals surface area contributed by atoms with E-state index in [-0.39, 0.29) is 11.9 Å². The van der Waals surface area contributed by atoms with Crippen molar-refractivity contribution in [2.75, 3.05) is 6.54 Å². The lowest BCUT2D eigenvalue weighted by Crippen LogP contribution is -2.25. The molecule has 1 unspecified atom stereocenters. The lowest BCUT2D eigenvalue weighted by molar-refractivity contribution is 0.490. The zero-order valence-electron chi connectivity index (χ0n) is 10.8. The van der Waals surface area contributed by atoms with Crippen molar-refractivity contribution in [3.63, 3.8) is 0 Å². The van der Waals surface area contributed by atoms with E-state index in [1.165, 1.54) is 6.07 Å². The van der Waals surface area contributed by atoms with E-state index in [0.29, 0.717) is 12.0 Å². The highest BCUT2D eigenvalue weighted by atomic mass is 79.9. The molecule has 0 aliphatic carbocycles. The second kappa shape index (κ2) is 6.82. The number of aromatic nitrogens is 2. The van der Waals surface area contributed by atoms with Crippen LogP contribution in [0.2, 0.25) is 0 Å². The average molecular weight is 326 g/mol. The number of hydrogen-bond acceptors (Lipinski definition) is 2. The van der Waals surface area contributed by atoms with Gasteiger partial charge in [0.2, 0.25) is 0 Å². The maximum absolute atomic E-state index is 14.0. The number of hydrogen-bond donors (Lipinski definition) is 2. The molecular formula is C14H17BrFN3. The molecule has 0 aliphatic heterocycles. The van der Waals surface area contributed by atoms with Crippen molar-refractivity contribution < 1.29 is 4.39 Å². The van der Waals surface area contributed by atoms with Crippen LogP contribution < -0.4 is 5.32 Å². The minimum absolute atomic E-state index is 0.0800. The zero-order chi connectivity index (χ0) is 13.7. The van der Waals surface area contributed by atoms with Crippen molar-refractivity contribution in [1.82, 2.24) is 15.3 Å². The summed E-state index contributed by atoms with van der Waals surface area (Å²) in [7, 11) is 0. The molecule has 0 spiro atoms. The van der Waals surface area contributed by atoms with Gasteiger partial charge < -0.3 is 10.3 Å². The summed E-state index contributed by atoms with van der Waals surface area (Å²) in [5, 5.41) is 3.37. The number of nitrogens with one attached hydrogen (secondary N) is 2. The van der Waals surface area contributed by atoms with Crippen molar-refractivity contribution in [2.24, 2.45) is 0 Å². The first kappa shape index (κ1) is 14.2. The Balaban J connectivity index is 2.23. The number of benzene rings is 1. The Kier molecular flexibility index (Phi) is 5.10. The average Bonchev–Trinajstić information content (AvgIpc) is 2.90. The zero-order valence-corrected chi connectivity index (χ0v) is 12.4. The third-order valence-electron chi connectivity index (χ3n) is 2.93. The van der Waals surface area contributed by atoms with Crippen LogP contribution >= 0.6 is 15.9 Å². The van der Waals surface area contributed by atoms with E-state index in [1.807, 2.05) is 6.07 Å². The number of H-pyrrole nitrogens is 1. The molecule has 1 atom stereocenters. The van der Waals surface area contributed by atoms with Crippen molar-refractivity contribution in [3.8, 4) is 0 Å². The Hall–Kier alpha value is -1.20. The largest absolute Gasteiger partial charge is 0.349 e. The van der Waals surface area contributed by atoms with Gasteiger partial charge in [-0.05, 0) is 31.2 Å². The normalized spacial score (nSPS) is 12.6. The lowest BCUT2D eigenvalue weighted by atomic mass is 10.0. The Morgan fingerprint density at radius 2 is 2.32 bits per heavy atom. The fraction of sp³-hybridized carbons (Fsp3) is 0.357. The molecule has 1 aromatic heterocycles. The maximum Gasteiger partial charge on any atom is 0.128 e. The summed E-state index contributed by atoms with van der Waals surface area (Å²) >= 11 is 3.39. The van der Waals surface area contributed by atoms with Crippen molar-refractivity contribution in [2.45, 2.75) is 25.8 Å². The predicted octanol–water partition coefficient (Wildman–Crippen LogP) is 3.59. The smallest absolute Gasteiger partial charge is 0.128 e. The van der Waals surface area contributed by atoms with Crippen LogP contribution in [0.1, 0.15) is 30.8 Å². The molecule has 1 aromatic carbocycles. The number of aromatic amines is 1. The minimum Gasteiger partial charge on any atom is -0.349 e. The summed E-state index contributed by atoms with van der Waals surface area (Å²) < 4.78 is 14.9. The van der Waals surface area contributed by atoms with E-state index in [2.05, 4.69) is 38.1 Å². The lowest BCUT2D eigenvalue weighted by Gasteiger charge is -2.19. The highest BCUT2D eigenvalue weighted by molar-refractivity contribution is 9.10. The molecule has 102 valence electrons. The summed E-state index contributed by atoms with van der Waals surface area (Å²) in [6.07, 6.45) is 5.14. The van der Waals surface area contributed by atoms with Crippen LogP contribution in [0, 0.1) is 5.82 Å². The Morgan fingerprint density at radius 1 is 1.47 bits per heavy atom. The number of halogens is 2. The van der Waals surface area contributed by atoms with Crippen LogP contribution in [-0.2, 0) is 6.42 Å². The van der Waals surface area contributed by atoms with Gasteiger partial charge in [-0.25, -0.2) is 9.37 Å². The molecule has 0 radical (unpaired) electrons. The first-order valence-corrected chi connectivity index (χ1v) is 7.16. The van der Waals surface area contributed by atoms with E-state index in [0.717, 1.165) is 23.3 Å². The van der Waals surface area contributed by atoms with Gasteiger partial charge in [-0.3, -0.25) is 0 Å². The molecule has 0 fully saturated rings. The highest BCUT2D eigenvalue weighted by Crippen LogP contribution is 2.24. The Labute approximate surface area is 120 Å². The molecule has 0 bridgehead atoms. The SMILES string of the molecule is CCCNC(Cc1ncc[nH]1)c1cc(Br)ccc1F. The topological polar surface area (TPSA) is 40.7 Å². The molecule has 19 heavy (non-hydrogen) atoms. The summed E-state index contributed by atoms with van der Waals surface area (Å²) in [5.74, 6) is 0.663. The van der Waals surface area contributed by atoms with E-state index in [4.69, 9.17) is 0 Å². The summed E-state index contributed by atoms with van der Waals surface area (Å²) in [6, 6.07) is 4.94. The molecule has 2 rings (SSSR count). The molecule has 3 nitrogen and oxygen atoms in total. The molecule has 0 saturated heterocycles. The molecule has 5 heteroatoms. The number of rotatable bonds is 6. The van der Waals surface area contributed by atoms with Crippen LogP contribution in [-0.4, -0.2) is 16.5 Å². The van der Waals surface area contributed by atoms with Crippen molar-refractivity contribution >= 4 is 15.9 Å². The van der Waals surface area contributed by atoms with Gasteiger partial charge >= 0.3 is 0 Å². The van der Waals surface area contributed by atoms with E-state index in [1.54, 1.807) is 18.5 Å². The minimum atomic E-state index is -0.191. The quantitative estimate of drug-likeness (QED) is 0.852. The van der Waals surface area contributed by atoms with Crippen LogP contribution in [0.3, 0.4) is 0 Å². The molecule has 0 saturated carbocycles. The molecule has 1 heterocycles. The van der Waals surface area contributed by atoms with Gasteiger partial charge in [-0.15, -0.1) is 0 Å². The maximum atomic E-state index is 14.0. The standard InChI is InChI=1S/C14H17BrFN3/c1-2-5-17-13(9-14-18-6-7-19-14)11-8-10(15)3-4-12(11)16/h3-4,6-8,13,17H,2,5,9H2,1H3,(H,18,19). The number of nitrogens with zero attached hydrogens (tertiary/aromatic N) is 1. The van der Waals surface area contributed by atoms with E-state index >= 15 is 0 Å². The second-order valence-corrected chi connectivity index (χ2v) is 5.33. The summed E-state index contributed by atoms with van der Waals surface area (Å²) in [4.78, 5) is 7.27. The van der Waals surface area contributed by atoms with Crippen LogP contribution in [0.4, 0.5) is 4.39 Å². The first-order chi connectivity index (χ1) is 9.20. The van der Waals surface area contributed by atoms with Crippen molar-refractivity contribution in [1.29, 1.82) is 0 Å². The highest BCUT2D eigenvalue weighted by Gasteiger charge is 2.17. The van der Waals surface area contributed by atoms with Crippen LogP contribution in [0.5, 0.6) is 0 Å². The third kappa shape index (κ3) is 3.88. The summed E-state index contributed by atoms with van der Waals surface area (Å²) in [6.45, 7) is 2.94. The molecule has 0 aliphatic rings. The van der Waals surface area contributed by atoms with Crippen LogP contribution in [0.25, 0.3) is 0 Å². The van der Waals surface area contributed by atoms with Gasteiger partial charge in [0.15, 0.2) is 0 Å². The van der Waals surface area contributed by atoms with Gasteiger partial charge in [0.25, 0.3) is 0 Å². The molecule has 2 N–H and O–H groups in total. The molecule has 2 aromatic rings. The van der Waals surface area contributed by atoms with Crippen LogP contribution in [0.15, 0.2) is 35.1 Å². The van der Waals surface area contributed by atoms with Gasteiger partial charge in [0.1, 0.15) is 11.6 Å². The first-order valence-electron chi connectivity index (χ1n) is 6.37. The Morgan fingerprint density at radius 3 is 3.00 bits per heavy atom. The Bertz CT molecular complexity index is 513. The second-order valence-electron chi connectivity index (χ2n) is 4.41. The fourth-order valence-corrected chi connectivity index (χ4v) is 2.37. The molecular weight excluding hydrogens is 309 g/mol. The van der Waals surface area contributed by atoms with E-state index < -0.39 is 0 Å². The fourth-order valence-electron chi connectivity index (χ4n) is 2.00.